The van der Waals surface area contributed by atoms with Crippen molar-refractivity contribution in [3.8, 4) is 11.6 Å². The van der Waals surface area contributed by atoms with Gasteiger partial charge in [0.1, 0.15) is 11.6 Å². The lowest BCUT2D eigenvalue weighted by atomic mass is 10.1. The highest BCUT2D eigenvalue weighted by atomic mass is 19.4. The Bertz CT molecular complexity index is 2680. The molecular formula is C48H33F6N9. The van der Waals surface area contributed by atoms with Crippen molar-refractivity contribution in [2.45, 2.75) is 12.4 Å². The van der Waals surface area contributed by atoms with Crippen molar-refractivity contribution in [1.29, 1.82) is 0 Å². The van der Waals surface area contributed by atoms with E-state index in [2.05, 4.69) is 10.2 Å². The normalized spacial score (nSPS) is 11.7. The molecule has 9 aromatic rings. The van der Waals surface area contributed by atoms with Crippen molar-refractivity contribution in [2.24, 2.45) is 0 Å². The molecule has 0 atom stereocenters. The highest BCUT2D eigenvalue weighted by Crippen LogP contribution is 2.43. The van der Waals surface area contributed by atoms with E-state index in [0.717, 1.165) is 44.2 Å². The van der Waals surface area contributed by atoms with Crippen molar-refractivity contribution in [1.82, 2.24) is 29.5 Å². The molecule has 0 aliphatic carbocycles. The maximum atomic E-state index is 14.0. The lowest BCUT2D eigenvalue weighted by Gasteiger charge is -2.30. The number of hydrogen-bond acceptors (Lipinski definition) is 7. The van der Waals surface area contributed by atoms with Crippen molar-refractivity contribution in [2.75, 3.05) is 14.7 Å². The van der Waals surface area contributed by atoms with Gasteiger partial charge in [-0.1, -0.05) is 91.0 Å². The first-order valence-electron chi connectivity index (χ1n) is 19.5. The number of anilines is 9. The van der Waals surface area contributed by atoms with Crippen molar-refractivity contribution >= 4 is 51.4 Å². The lowest BCUT2D eigenvalue weighted by Crippen LogP contribution is -2.19. The highest BCUT2D eigenvalue weighted by molar-refractivity contribution is 5.84. The first-order valence-corrected chi connectivity index (χ1v) is 19.5. The van der Waals surface area contributed by atoms with Gasteiger partial charge in [-0.05, 0) is 72.8 Å². The van der Waals surface area contributed by atoms with Gasteiger partial charge in [0.2, 0.25) is 0 Å². The molecule has 0 radical (unpaired) electrons. The predicted molar refractivity (Wildman–Crippen MR) is 230 cm³/mol. The summed E-state index contributed by atoms with van der Waals surface area (Å²) in [5.74, 6) is 0.439. The zero-order valence-corrected chi connectivity index (χ0v) is 32.8. The monoisotopic (exact) mass is 849 g/mol. The number of benzene rings is 5. The van der Waals surface area contributed by atoms with Crippen molar-refractivity contribution in [3.63, 3.8) is 0 Å². The Morgan fingerprint density at radius 1 is 0.333 bits per heavy atom. The maximum absolute atomic E-state index is 14.0. The SMILES string of the molecule is FC(F)(F)c1ccn(-c2cc(N(c3ccccc3)c3ccccc3)cc(N(c3ccccc3)c3cc(N(c4ccccc4)c4ccccc4)cc(-n4ccc(C(F)(F)F)n4)n3)n2)n1. The third kappa shape index (κ3) is 8.57. The van der Waals surface area contributed by atoms with E-state index in [-0.39, 0.29) is 23.3 Å². The van der Waals surface area contributed by atoms with E-state index in [1.54, 1.807) is 53.4 Å². The van der Waals surface area contributed by atoms with Crippen LogP contribution in [0.5, 0.6) is 0 Å². The molecule has 4 heterocycles. The standard InChI is InChI=1S/C48H33F6N9/c49-47(50,51)41-26-28-59(57-41)43-30-39(61(34-16-6-1-7-17-34)35-18-8-2-9-19-35)32-45(55-43)63(38-24-14-5-15-25-38)46-33-40(31-44(56-46)60-29-27-42(58-60)48(52,53)54)62(36-20-10-3-11-21-36)37-22-12-4-13-23-37/h1-33H. The van der Waals surface area contributed by atoms with Crippen molar-refractivity contribution < 1.29 is 26.3 Å². The van der Waals surface area contributed by atoms with Gasteiger partial charge in [-0.2, -0.15) is 36.5 Å². The van der Waals surface area contributed by atoms with Gasteiger partial charge >= 0.3 is 12.4 Å². The summed E-state index contributed by atoms with van der Waals surface area (Å²) in [6.07, 6.45) is -7.09. The number of pyridine rings is 2. The summed E-state index contributed by atoms with van der Waals surface area (Å²) >= 11 is 0. The van der Waals surface area contributed by atoms with Crippen LogP contribution < -0.4 is 14.7 Å². The van der Waals surface area contributed by atoms with Gasteiger partial charge in [-0.25, -0.2) is 19.3 Å². The Morgan fingerprint density at radius 2 is 0.619 bits per heavy atom. The van der Waals surface area contributed by atoms with Gasteiger partial charge in [-0.15, -0.1) is 0 Å². The highest BCUT2D eigenvalue weighted by Gasteiger charge is 2.35. The van der Waals surface area contributed by atoms with Crippen LogP contribution in [0, 0.1) is 0 Å². The first kappa shape index (κ1) is 40.2. The molecule has 312 valence electrons. The molecule has 0 amide bonds. The van der Waals surface area contributed by atoms with Gasteiger partial charge in [0.25, 0.3) is 0 Å². The van der Waals surface area contributed by atoms with E-state index in [4.69, 9.17) is 9.97 Å². The van der Waals surface area contributed by atoms with Gasteiger partial charge < -0.3 is 9.80 Å². The van der Waals surface area contributed by atoms with Crippen LogP contribution in [0.2, 0.25) is 0 Å². The lowest BCUT2D eigenvalue weighted by molar-refractivity contribution is -0.142. The quantitative estimate of drug-likeness (QED) is 0.120. The molecule has 0 fully saturated rings. The summed E-state index contributed by atoms with van der Waals surface area (Å²) < 4.78 is 86.2. The molecule has 0 bridgehead atoms. The summed E-state index contributed by atoms with van der Waals surface area (Å²) in [4.78, 5) is 15.5. The van der Waals surface area contributed by atoms with E-state index in [0.29, 0.717) is 17.1 Å². The second-order valence-electron chi connectivity index (χ2n) is 14.1. The van der Waals surface area contributed by atoms with E-state index in [9.17, 15) is 26.3 Å². The van der Waals surface area contributed by atoms with Crippen LogP contribution >= 0.6 is 0 Å². The van der Waals surface area contributed by atoms with E-state index >= 15 is 0 Å². The van der Waals surface area contributed by atoms with Crippen LogP contribution in [-0.2, 0) is 12.4 Å². The third-order valence-electron chi connectivity index (χ3n) is 9.84. The summed E-state index contributed by atoms with van der Waals surface area (Å²) in [6.45, 7) is 0. The fraction of sp³-hybridized carbons (Fsp3) is 0.0417. The Kier molecular flexibility index (Phi) is 10.7. The molecule has 63 heavy (non-hydrogen) atoms. The van der Waals surface area contributed by atoms with Crippen LogP contribution in [0.15, 0.2) is 200 Å². The summed E-state index contributed by atoms with van der Waals surface area (Å²) in [6, 6.07) is 55.2. The topological polar surface area (TPSA) is 71.1 Å². The fourth-order valence-electron chi connectivity index (χ4n) is 7.07. The predicted octanol–water partition coefficient (Wildman–Crippen LogP) is 13.3. The van der Waals surface area contributed by atoms with Crippen LogP contribution in [0.3, 0.4) is 0 Å². The zero-order chi connectivity index (χ0) is 43.6. The molecule has 15 heteroatoms. The molecule has 0 spiro atoms. The van der Waals surface area contributed by atoms with E-state index < -0.39 is 23.7 Å². The number of aromatic nitrogens is 6. The second kappa shape index (κ2) is 16.7. The molecule has 0 saturated carbocycles. The van der Waals surface area contributed by atoms with Crippen LogP contribution in [0.4, 0.5) is 77.8 Å². The summed E-state index contributed by atoms with van der Waals surface area (Å²) in [5, 5.41) is 7.78. The zero-order valence-electron chi connectivity index (χ0n) is 32.8. The minimum absolute atomic E-state index is 0.0317. The molecule has 0 aliphatic heterocycles. The molecule has 9 rings (SSSR count). The largest absolute Gasteiger partial charge is 0.435 e. The maximum Gasteiger partial charge on any atom is 0.435 e. The number of para-hydroxylation sites is 5. The molecule has 4 aromatic heterocycles. The third-order valence-corrected chi connectivity index (χ3v) is 9.84. The molecular weight excluding hydrogens is 817 g/mol. The number of rotatable bonds is 11. The summed E-state index contributed by atoms with van der Waals surface area (Å²) in [5.41, 5.74) is 2.21. The fourth-order valence-corrected chi connectivity index (χ4v) is 7.07. The smallest absolute Gasteiger partial charge is 0.310 e. The Balaban J connectivity index is 1.33. The Labute approximate surface area is 357 Å². The summed E-state index contributed by atoms with van der Waals surface area (Å²) in [7, 11) is 0. The average molecular weight is 850 g/mol. The number of alkyl halides is 6. The number of halogens is 6. The van der Waals surface area contributed by atoms with Crippen LogP contribution in [0.25, 0.3) is 11.6 Å². The number of hydrogen-bond donors (Lipinski definition) is 0. The van der Waals surface area contributed by atoms with E-state index in [1.807, 2.05) is 137 Å². The Morgan fingerprint density at radius 3 is 0.889 bits per heavy atom. The molecule has 9 nitrogen and oxygen atoms in total. The molecule has 0 N–H and O–H groups in total. The number of nitrogens with zero attached hydrogens (tertiary/aromatic N) is 9. The molecule has 0 aliphatic rings. The van der Waals surface area contributed by atoms with Gasteiger partial charge in [0, 0.05) is 65.1 Å². The van der Waals surface area contributed by atoms with Gasteiger partial charge in [0.15, 0.2) is 23.0 Å². The minimum Gasteiger partial charge on any atom is -0.310 e. The average Bonchev–Trinajstić information content (AvgIpc) is 4.02. The minimum atomic E-state index is -4.73. The van der Waals surface area contributed by atoms with Gasteiger partial charge in [0.05, 0.1) is 11.4 Å². The van der Waals surface area contributed by atoms with Crippen LogP contribution in [0.1, 0.15) is 11.4 Å². The van der Waals surface area contributed by atoms with Crippen LogP contribution in [-0.4, -0.2) is 29.5 Å². The molecule has 0 unspecified atom stereocenters. The first-order chi connectivity index (χ1) is 30.5. The molecule has 0 saturated heterocycles. The second-order valence-corrected chi connectivity index (χ2v) is 14.1. The van der Waals surface area contributed by atoms with Crippen molar-refractivity contribution in [3.05, 3.63) is 212 Å². The van der Waals surface area contributed by atoms with Gasteiger partial charge in [-0.3, -0.25) is 4.90 Å². The van der Waals surface area contributed by atoms with E-state index in [1.165, 1.54) is 12.4 Å². The molecule has 5 aromatic carbocycles. The Hall–Kier alpha value is -8.20.